The first-order valence-corrected chi connectivity index (χ1v) is 4.85. The summed E-state index contributed by atoms with van der Waals surface area (Å²) in [5, 5.41) is 18.6. The lowest BCUT2D eigenvalue weighted by Gasteiger charge is -2.17. The Morgan fingerprint density at radius 1 is 1.40 bits per heavy atom. The number of rotatable bonds is 5. The van der Waals surface area contributed by atoms with Gasteiger partial charge in [-0.2, -0.15) is 0 Å². The quantitative estimate of drug-likeness (QED) is 0.541. The SMILES string of the molecule is OCC1(C(O)OCc2ccccc2)CO1. The van der Waals surface area contributed by atoms with Crippen LogP contribution in [-0.4, -0.2) is 35.3 Å². The van der Waals surface area contributed by atoms with Gasteiger partial charge in [-0.05, 0) is 5.56 Å². The van der Waals surface area contributed by atoms with Crippen LogP contribution in [0.5, 0.6) is 0 Å². The summed E-state index contributed by atoms with van der Waals surface area (Å²) in [5.74, 6) is 0. The zero-order valence-corrected chi connectivity index (χ0v) is 8.30. The summed E-state index contributed by atoms with van der Waals surface area (Å²) in [6.07, 6.45) is -1.07. The predicted molar refractivity (Wildman–Crippen MR) is 53.0 cm³/mol. The van der Waals surface area contributed by atoms with E-state index in [9.17, 15) is 5.11 Å². The van der Waals surface area contributed by atoms with Gasteiger partial charge in [0.05, 0.1) is 19.8 Å². The average molecular weight is 210 g/mol. The molecule has 4 heteroatoms. The number of benzene rings is 1. The molecule has 0 spiro atoms. The van der Waals surface area contributed by atoms with E-state index >= 15 is 0 Å². The fourth-order valence-corrected chi connectivity index (χ4v) is 1.31. The Morgan fingerprint density at radius 3 is 2.60 bits per heavy atom. The molecule has 1 aromatic rings. The molecule has 1 fully saturated rings. The number of hydrogen-bond acceptors (Lipinski definition) is 4. The van der Waals surface area contributed by atoms with Crippen LogP contribution in [0.4, 0.5) is 0 Å². The van der Waals surface area contributed by atoms with Crippen molar-refractivity contribution in [2.75, 3.05) is 13.2 Å². The second-order valence-electron chi connectivity index (χ2n) is 3.66. The highest BCUT2D eigenvalue weighted by atomic mass is 16.7. The largest absolute Gasteiger partial charge is 0.393 e. The molecular formula is C11H14O4. The summed E-state index contributed by atoms with van der Waals surface area (Å²) >= 11 is 0. The van der Waals surface area contributed by atoms with Crippen molar-refractivity contribution in [3.05, 3.63) is 35.9 Å². The van der Waals surface area contributed by atoms with Gasteiger partial charge in [-0.3, -0.25) is 0 Å². The van der Waals surface area contributed by atoms with Gasteiger partial charge in [-0.15, -0.1) is 0 Å². The van der Waals surface area contributed by atoms with Gasteiger partial charge in [-0.1, -0.05) is 30.3 Å². The van der Waals surface area contributed by atoms with Crippen molar-refractivity contribution in [1.82, 2.24) is 0 Å². The van der Waals surface area contributed by atoms with E-state index in [-0.39, 0.29) is 6.61 Å². The predicted octanol–water partition coefficient (Wildman–Crippen LogP) is 0.283. The van der Waals surface area contributed by atoms with Gasteiger partial charge in [0.2, 0.25) is 0 Å². The van der Waals surface area contributed by atoms with Crippen LogP contribution < -0.4 is 0 Å². The van der Waals surface area contributed by atoms with Crippen LogP contribution in [0.15, 0.2) is 30.3 Å². The molecule has 0 bridgehead atoms. The van der Waals surface area contributed by atoms with Crippen LogP contribution in [0, 0.1) is 0 Å². The summed E-state index contributed by atoms with van der Waals surface area (Å²) < 4.78 is 10.2. The van der Waals surface area contributed by atoms with E-state index in [1.165, 1.54) is 0 Å². The molecule has 0 saturated carbocycles. The molecule has 2 atom stereocenters. The Balaban J connectivity index is 1.84. The van der Waals surface area contributed by atoms with Gasteiger partial charge in [0.15, 0.2) is 11.9 Å². The first kappa shape index (κ1) is 10.6. The van der Waals surface area contributed by atoms with Crippen LogP contribution in [-0.2, 0) is 16.1 Å². The first-order chi connectivity index (χ1) is 7.27. The number of epoxide rings is 1. The van der Waals surface area contributed by atoms with Crippen molar-refractivity contribution in [3.8, 4) is 0 Å². The standard InChI is InChI=1S/C11H14O4/c12-7-11(8-15-11)10(13)14-6-9-4-2-1-3-5-9/h1-5,10,12-13H,6-8H2. The highest BCUT2D eigenvalue weighted by Crippen LogP contribution is 2.31. The summed E-state index contributed by atoms with van der Waals surface area (Å²) in [6, 6.07) is 9.54. The molecular weight excluding hydrogens is 196 g/mol. The molecule has 2 N–H and O–H groups in total. The molecule has 1 aliphatic rings. The van der Waals surface area contributed by atoms with E-state index in [2.05, 4.69) is 0 Å². The topological polar surface area (TPSA) is 62.2 Å². The maximum Gasteiger partial charge on any atom is 0.189 e. The molecule has 0 amide bonds. The summed E-state index contributed by atoms with van der Waals surface area (Å²) in [5.41, 5.74) is 0.0969. The van der Waals surface area contributed by atoms with Crippen LogP contribution in [0.2, 0.25) is 0 Å². The monoisotopic (exact) mass is 210 g/mol. The zero-order chi connectivity index (χ0) is 10.7. The minimum absolute atomic E-state index is 0.219. The molecule has 1 heterocycles. The summed E-state index contributed by atoms with van der Waals surface area (Å²) in [4.78, 5) is 0. The van der Waals surface area contributed by atoms with Gasteiger partial charge in [-0.25, -0.2) is 0 Å². The lowest BCUT2D eigenvalue weighted by Crippen LogP contribution is -2.35. The highest BCUT2D eigenvalue weighted by Gasteiger charge is 2.52. The van der Waals surface area contributed by atoms with E-state index in [4.69, 9.17) is 14.6 Å². The third kappa shape index (κ3) is 2.35. The maximum absolute atomic E-state index is 9.59. The average Bonchev–Trinajstić information content (AvgIpc) is 3.08. The molecule has 0 radical (unpaired) electrons. The Labute approximate surface area is 88.1 Å². The Bertz CT molecular complexity index is 308. The third-order valence-electron chi connectivity index (χ3n) is 2.48. The molecule has 15 heavy (non-hydrogen) atoms. The lowest BCUT2D eigenvalue weighted by atomic mass is 10.2. The summed E-state index contributed by atoms with van der Waals surface area (Å²) in [7, 11) is 0. The van der Waals surface area contributed by atoms with Crippen LogP contribution in [0.1, 0.15) is 5.56 Å². The van der Waals surface area contributed by atoms with Crippen molar-refractivity contribution < 1.29 is 19.7 Å². The highest BCUT2D eigenvalue weighted by molar-refractivity contribution is 5.13. The Kier molecular flexibility index (Phi) is 3.02. The smallest absolute Gasteiger partial charge is 0.189 e. The third-order valence-corrected chi connectivity index (χ3v) is 2.48. The number of hydrogen-bond donors (Lipinski definition) is 2. The maximum atomic E-state index is 9.59. The molecule has 0 aliphatic carbocycles. The Hall–Kier alpha value is -0.940. The van der Waals surface area contributed by atoms with Crippen molar-refractivity contribution in [2.45, 2.75) is 18.5 Å². The molecule has 2 unspecified atom stereocenters. The number of ether oxygens (including phenoxy) is 2. The van der Waals surface area contributed by atoms with E-state index < -0.39 is 11.9 Å². The number of aliphatic hydroxyl groups is 2. The van der Waals surface area contributed by atoms with Gasteiger partial charge >= 0.3 is 0 Å². The van der Waals surface area contributed by atoms with Crippen molar-refractivity contribution in [1.29, 1.82) is 0 Å². The Morgan fingerprint density at radius 2 is 2.07 bits per heavy atom. The molecule has 4 nitrogen and oxygen atoms in total. The minimum Gasteiger partial charge on any atom is -0.393 e. The number of aliphatic hydroxyl groups excluding tert-OH is 2. The van der Waals surface area contributed by atoms with Crippen molar-refractivity contribution in [3.63, 3.8) is 0 Å². The van der Waals surface area contributed by atoms with E-state index in [1.807, 2.05) is 30.3 Å². The van der Waals surface area contributed by atoms with Gasteiger partial charge in [0, 0.05) is 0 Å². The van der Waals surface area contributed by atoms with E-state index in [0.717, 1.165) is 5.56 Å². The molecule has 82 valence electrons. The summed E-state index contributed by atoms with van der Waals surface area (Å²) in [6.45, 7) is 0.440. The van der Waals surface area contributed by atoms with Crippen molar-refractivity contribution >= 4 is 0 Å². The van der Waals surface area contributed by atoms with Crippen LogP contribution >= 0.6 is 0 Å². The minimum atomic E-state index is -1.07. The van der Waals surface area contributed by atoms with Crippen molar-refractivity contribution in [2.24, 2.45) is 0 Å². The molecule has 1 aromatic carbocycles. The van der Waals surface area contributed by atoms with Crippen LogP contribution in [0.25, 0.3) is 0 Å². The lowest BCUT2D eigenvalue weighted by molar-refractivity contribution is -0.158. The fourth-order valence-electron chi connectivity index (χ4n) is 1.31. The second kappa shape index (κ2) is 4.28. The zero-order valence-electron chi connectivity index (χ0n) is 8.30. The van der Waals surface area contributed by atoms with Crippen LogP contribution in [0.3, 0.4) is 0 Å². The first-order valence-electron chi connectivity index (χ1n) is 4.85. The van der Waals surface area contributed by atoms with E-state index in [0.29, 0.717) is 13.2 Å². The fraction of sp³-hybridized carbons (Fsp3) is 0.455. The molecule has 2 rings (SSSR count). The van der Waals surface area contributed by atoms with Gasteiger partial charge in [0.25, 0.3) is 0 Å². The molecule has 1 aliphatic heterocycles. The normalized spacial score (nSPS) is 26.3. The molecule has 1 saturated heterocycles. The molecule has 0 aromatic heterocycles. The van der Waals surface area contributed by atoms with E-state index in [1.54, 1.807) is 0 Å². The second-order valence-corrected chi connectivity index (χ2v) is 3.66. The van der Waals surface area contributed by atoms with Gasteiger partial charge in [0.1, 0.15) is 0 Å². The van der Waals surface area contributed by atoms with Gasteiger partial charge < -0.3 is 19.7 Å².